The molecule has 2 rings (SSSR count). The lowest BCUT2D eigenvalue weighted by Gasteiger charge is -2.34. The maximum Gasteiger partial charge on any atom is 0.128 e. The molecule has 1 aromatic rings. The van der Waals surface area contributed by atoms with Crippen LogP contribution >= 0.6 is 0 Å². The molecule has 0 amide bonds. The molecule has 0 saturated heterocycles. The van der Waals surface area contributed by atoms with E-state index in [1.165, 1.54) is 0 Å². The second kappa shape index (κ2) is 2.98. The van der Waals surface area contributed by atoms with Gasteiger partial charge in [-0.3, -0.25) is 0 Å². The third-order valence-electron chi connectivity index (χ3n) is 2.75. The highest BCUT2D eigenvalue weighted by molar-refractivity contribution is 5.23. The van der Waals surface area contributed by atoms with Gasteiger partial charge in [-0.2, -0.15) is 0 Å². The highest BCUT2D eigenvalue weighted by Gasteiger charge is 2.34. The van der Waals surface area contributed by atoms with Crippen LogP contribution in [0.1, 0.15) is 18.9 Å². The number of hydrogen-bond donors (Lipinski definition) is 1. The van der Waals surface area contributed by atoms with Crippen LogP contribution in [0.3, 0.4) is 0 Å². The average molecular weight is 175 g/mol. The zero-order valence-corrected chi connectivity index (χ0v) is 7.66. The van der Waals surface area contributed by atoms with Crippen molar-refractivity contribution in [2.45, 2.75) is 18.9 Å². The molecule has 1 N–H and O–H groups in total. The van der Waals surface area contributed by atoms with Crippen molar-refractivity contribution in [1.82, 2.24) is 0 Å². The number of hydrogen-bond acceptors (Lipinski definition) is 1. The van der Waals surface area contributed by atoms with E-state index in [4.69, 9.17) is 0 Å². The zero-order valence-electron chi connectivity index (χ0n) is 7.66. The Balaban J connectivity index is 2.36. The number of benzene rings is 1. The lowest BCUT2D eigenvalue weighted by Crippen LogP contribution is -3.08. The van der Waals surface area contributed by atoms with E-state index in [0.717, 1.165) is 12.0 Å². The van der Waals surface area contributed by atoms with Crippen LogP contribution in [0.25, 0.3) is 0 Å². The minimum absolute atomic E-state index is 0.221. The summed E-state index contributed by atoms with van der Waals surface area (Å²) in [5.41, 5.74) is 0.811. The average Bonchev–Trinajstić information content (AvgIpc) is 2.50. The highest BCUT2D eigenvalue weighted by Crippen LogP contribution is 2.23. The van der Waals surface area contributed by atoms with Crippen molar-refractivity contribution in [3.8, 4) is 0 Å². The van der Waals surface area contributed by atoms with E-state index in [1.807, 2.05) is 43.3 Å². The summed E-state index contributed by atoms with van der Waals surface area (Å²) in [6.45, 7) is 2.00. The molecule has 1 aliphatic heterocycles. The fraction of sp³-hybridized carbons (Fsp3) is 0.273. The van der Waals surface area contributed by atoms with Crippen LogP contribution < -0.4 is 5.06 Å². The van der Waals surface area contributed by atoms with Gasteiger partial charge in [0.15, 0.2) is 0 Å². The summed E-state index contributed by atoms with van der Waals surface area (Å²) in [5, 5.41) is 11.8. The molecular weight excluding hydrogens is 162 g/mol. The summed E-state index contributed by atoms with van der Waals surface area (Å²) in [4.78, 5) is 0. The van der Waals surface area contributed by atoms with Crippen LogP contribution in [0.4, 0.5) is 0 Å². The van der Waals surface area contributed by atoms with Crippen LogP contribution in [0.5, 0.6) is 0 Å². The second-order valence-electron chi connectivity index (χ2n) is 3.67. The van der Waals surface area contributed by atoms with Gasteiger partial charge in [-0.1, -0.05) is 30.3 Å². The Bertz CT molecular complexity index is 320. The molecule has 2 atom stereocenters. The monoisotopic (exact) mass is 175 g/mol. The van der Waals surface area contributed by atoms with E-state index < -0.39 is 0 Å². The van der Waals surface area contributed by atoms with Crippen LogP contribution in [0.2, 0.25) is 0 Å². The number of quaternary nitrogens is 1. The van der Waals surface area contributed by atoms with Crippen LogP contribution in [0.15, 0.2) is 42.6 Å². The van der Waals surface area contributed by atoms with Crippen LogP contribution in [-0.2, 0) is 5.54 Å². The van der Waals surface area contributed by atoms with Crippen molar-refractivity contribution < 1.29 is 5.06 Å². The van der Waals surface area contributed by atoms with Crippen molar-refractivity contribution in [3.05, 3.63) is 53.4 Å². The summed E-state index contributed by atoms with van der Waals surface area (Å²) in [5.74, 6) is 0. The van der Waals surface area contributed by atoms with E-state index in [2.05, 4.69) is 0 Å². The Labute approximate surface area is 78.1 Å². The number of nitrogens with one attached hydrogen (secondary N) is 1. The molecule has 1 aliphatic rings. The molecule has 1 aromatic carbocycles. The molecule has 1 unspecified atom stereocenters. The first-order chi connectivity index (χ1) is 6.23. The van der Waals surface area contributed by atoms with Gasteiger partial charge in [0.05, 0.1) is 6.20 Å². The summed E-state index contributed by atoms with van der Waals surface area (Å²) in [6, 6.07) is 9.97. The Hall–Kier alpha value is -1.12. The molecule has 68 valence electrons. The molecule has 13 heavy (non-hydrogen) atoms. The maximum absolute atomic E-state index is 11.6. The lowest BCUT2D eigenvalue weighted by molar-refractivity contribution is -0.853. The first-order valence-electron chi connectivity index (χ1n) is 4.50. The minimum Gasteiger partial charge on any atom is -0.629 e. The molecule has 0 fully saturated rings. The Morgan fingerprint density at radius 3 is 2.54 bits per heavy atom. The third kappa shape index (κ3) is 1.28. The summed E-state index contributed by atoms with van der Waals surface area (Å²) >= 11 is 0. The normalized spacial score (nSPS) is 32.3. The van der Waals surface area contributed by atoms with Crippen molar-refractivity contribution in [2.24, 2.45) is 0 Å². The molecule has 0 bridgehead atoms. The second-order valence-corrected chi connectivity index (χ2v) is 3.67. The molecule has 0 saturated carbocycles. The molecule has 0 spiro atoms. The molecule has 2 heteroatoms. The SMILES string of the molecule is C[C@]1(c2ccccc2)CC=C[NH+]1[O-]. The third-order valence-corrected chi connectivity index (χ3v) is 2.75. The van der Waals surface area contributed by atoms with Crippen molar-refractivity contribution in [1.29, 1.82) is 0 Å². The first-order valence-corrected chi connectivity index (χ1v) is 4.50. The molecule has 2 nitrogen and oxygen atoms in total. The topological polar surface area (TPSA) is 27.5 Å². The van der Waals surface area contributed by atoms with Gasteiger partial charge in [0.2, 0.25) is 0 Å². The predicted octanol–water partition coefficient (Wildman–Crippen LogP) is 1.20. The van der Waals surface area contributed by atoms with Gasteiger partial charge in [-0.15, -0.1) is 0 Å². The first kappa shape index (κ1) is 8.48. The van der Waals surface area contributed by atoms with E-state index in [9.17, 15) is 5.21 Å². The van der Waals surface area contributed by atoms with E-state index in [0.29, 0.717) is 0 Å². The van der Waals surface area contributed by atoms with Gasteiger partial charge in [0, 0.05) is 12.0 Å². The van der Waals surface area contributed by atoms with Gasteiger partial charge < -0.3 is 10.3 Å². The van der Waals surface area contributed by atoms with Crippen LogP contribution in [-0.4, -0.2) is 0 Å². The quantitative estimate of drug-likeness (QED) is 0.638. The van der Waals surface area contributed by atoms with E-state index >= 15 is 0 Å². The van der Waals surface area contributed by atoms with Gasteiger partial charge in [-0.05, 0) is 13.0 Å². The Morgan fingerprint density at radius 1 is 1.31 bits per heavy atom. The Morgan fingerprint density at radius 2 is 2.00 bits per heavy atom. The van der Waals surface area contributed by atoms with Crippen molar-refractivity contribution >= 4 is 0 Å². The van der Waals surface area contributed by atoms with Gasteiger partial charge in [0.1, 0.15) is 5.54 Å². The predicted molar refractivity (Wildman–Crippen MR) is 51.9 cm³/mol. The molecule has 1 heterocycles. The van der Waals surface area contributed by atoms with Crippen LogP contribution in [0, 0.1) is 5.21 Å². The smallest absolute Gasteiger partial charge is 0.128 e. The molecule has 0 radical (unpaired) electrons. The zero-order chi connectivity index (χ0) is 9.31. The highest BCUT2D eigenvalue weighted by atomic mass is 16.5. The number of hydroxylamine groups is 2. The van der Waals surface area contributed by atoms with Crippen molar-refractivity contribution in [2.75, 3.05) is 0 Å². The standard InChI is InChI=1S/C11H13NO/c1-11(8-5-9-12(11)13)10-6-3-2-4-7-10/h2-7,9,12H,8H2,1H3/t11-/m1/s1. The van der Waals surface area contributed by atoms with E-state index in [1.54, 1.807) is 6.20 Å². The minimum atomic E-state index is -0.304. The molecule has 0 aromatic heterocycles. The molecule has 0 aliphatic carbocycles. The maximum atomic E-state index is 11.6. The summed E-state index contributed by atoms with van der Waals surface area (Å²) in [7, 11) is 0. The van der Waals surface area contributed by atoms with Gasteiger partial charge in [0.25, 0.3) is 0 Å². The van der Waals surface area contributed by atoms with Gasteiger partial charge >= 0.3 is 0 Å². The van der Waals surface area contributed by atoms with E-state index in [-0.39, 0.29) is 10.6 Å². The molecular formula is C11H13NO. The lowest BCUT2D eigenvalue weighted by atomic mass is 9.90. The van der Waals surface area contributed by atoms with Crippen molar-refractivity contribution in [3.63, 3.8) is 0 Å². The summed E-state index contributed by atoms with van der Waals surface area (Å²) < 4.78 is 0. The summed E-state index contributed by atoms with van der Waals surface area (Å²) in [6.07, 6.45) is 4.47. The fourth-order valence-corrected chi connectivity index (χ4v) is 1.75. The number of rotatable bonds is 1. The van der Waals surface area contributed by atoms with Gasteiger partial charge in [-0.25, -0.2) is 0 Å². The Kier molecular flexibility index (Phi) is 1.94. The largest absolute Gasteiger partial charge is 0.629 e. The fourth-order valence-electron chi connectivity index (χ4n) is 1.75.